The van der Waals surface area contributed by atoms with E-state index in [1.807, 2.05) is 0 Å². The Kier molecular flexibility index (Phi) is 6.10. The van der Waals surface area contributed by atoms with Crippen molar-refractivity contribution < 1.29 is 18.3 Å². The van der Waals surface area contributed by atoms with Crippen molar-refractivity contribution in [1.82, 2.24) is 15.1 Å². The summed E-state index contributed by atoms with van der Waals surface area (Å²) in [5, 5.41) is 8.29. The van der Waals surface area contributed by atoms with E-state index in [2.05, 4.69) is 10.4 Å². The van der Waals surface area contributed by atoms with Crippen molar-refractivity contribution in [3.63, 3.8) is 0 Å². The van der Waals surface area contributed by atoms with Crippen molar-refractivity contribution in [2.24, 2.45) is 0 Å². The van der Waals surface area contributed by atoms with Crippen molar-refractivity contribution in [3.8, 4) is 11.4 Å². The number of carbonyl (C=O) groups excluding carboxylic acids is 1. The predicted octanol–water partition coefficient (Wildman–Crippen LogP) is 5.60. The number of hydrogen-bond acceptors (Lipinski definition) is 3. The second kappa shape index (κ2) is 8.96. The van der Waals surface area contributed by atoms with Crippen molar-refractivity contribution >= 4 is 28.4 Å². The molecule has 0 spiro atoms. The maximum atomic E-state index is 13.4. The highest BCUT2D eigenvalue weighted by atomic mass is 35.5. The van der Waals surface area contributed by atoms with E-state index >= 15 is 0 Å². The van der Waals surface area contributed by atoms with Gasteiger partial charge in [-0.1, -0.05) is 23.7 Å². The molecule has 32 heavy (non-hydrogen) atoms. The van der Waals surface area contributed by atoms with Crippen molar-refractivity contribution in [2.45, 2.75) is 26.0 Å². The van der Waals surface area contributed by atoms with Crippen LogP contribution in [0, 0.1) is 11.6 Å². The fraction of sp³-hybridized carbons (Fsp3) is 0.167. The van der Waals surface area contributed by atoms with Crippen LogP contribution in [0.15, 0.2) is 66.9 Å². The minimum Gasteiger partial charge on any atom is -0.482 e. The molecular formula is C24H20ClF2N3O2. The van der Waals surface area contributed by atoms with E-state index in [4.69, 9.17) is 16.3 Å². The van der Waals surface area contributed by atoms with Gasteiger partial charge >= 0.3 is 0 Å². The van der Waals surface area contributed by atoms with Gasteiger partial charge in [0.05, 0.1) is 28.5 Å². The van der Waals surface area contributed by atoms with Crippen molar-refractivity contribution in [3.05, 3.63) is 89.1 Å². The van der Waals surface area contributed by atoms with Crippen LogP contribution in [-0.2, 0) is 4.79 Å². The van der Waals surface area contributed by atoms with Crippen LogP contribution in [0.1, 0.15) is 25.5 Å². The highest BCUT2D eigenvalue weighted by Crippen LogP contribution is 2.35. The smallest absolute Gasteiger partial charge is 0.217 e. The maximum Gasteiger partial charge on any atom is 0.217 e. The minimum absolute atomic E-state index is 0.213. The quantitative estimate of drug-likeness (QED) is 0.411. The molecule has 0 bridgehead atoms. The second-order valence-corrected chi connectivity index (χ2v) is 7.86. The Morgan fingerprint density at radius 1 is 1.06 bits per heavy atom. The minimum atomic E-state index is -0.610. The van der Waals surface area contributed by atoms with Crippen LogP contribution in [0.4, 0.5) is 8.78 Å². The number of ether oxygens (including phenoxy) is 1. The molecule has 1 heterocycles. The first-order valence-corrected chi connectivity index (χ1v) is 10.3. The Bertz CT molecular complexity index is 1260. The van der Waals surface area contributed by atoms with E-state index in [1.165, 1.54) is 31.2 Å². The normalized spacial score (nSPS) is 13.0. The van der Waals surface area contributed by atoms with Gasteiger partial charge in [-0.3, -0.25) is 4.79 Å². The summed E-state index contributed by atoms with van der Waals surface area (Å²) in [4.78, 5) is 11.6. The van der Waals surface area contributed by atoms with Gasteiger partial charge in [0.15, 0.2) is 0 Å². The largest absolute Gasteiger partial charge is 0.482 e. The molecule has 0 saturated heterocycles. The van der Waals surface area contributed by atoms with E-state index in [0.29, 0.717) is 22.0 Å². The lowest BCUT2D eigenvalue weighted by Crippen LogP contribution is -2.38. The van der Waals surface area contributed by atoms with E-state index < -0.39 is 12.1 Å². The fourth-order valence-electron chi connectivity index (χ4n) is 3.55. The lowest BCUT2D eigenvalue weighted by atomic mass is 10.0. The highest BCUT2D eigenvalue weighted by Gasteiger charge is 2.24. The summed E-state index contributed by atoms with van der Waals surface area (Å²) in [6.45, 7) is 3.22. The van der Waals surface area contributed by atoms with Crippen LogP contribution in [0.25, 0.3) is 16.6 Å². The van der Waals surface area contributed by atoms with Gasteiger partial charge in [-0.2, -0.15) is 5.10 Å². The first kappa shape index (κ1) is 21.8. The molecule has 1 aromatic heterocycles. The lowest BCUT2D eigenvalue weighted by Gasteiger charge is -2.26. The second-order valence-electron chi connectivity index (χ2n) is 7.45. The number of aromatic nitrogens is 2. The molecule has 0 radical (unpaired) electrons. The Morgan fingerprint density at radius 2 is 1.69 bits per heavy atom. The van der Waals surface area contributed by atoms with Gasteiger partial charge in [0.2, 0.25) is 5.91 Å². The van der Waals surface area contributed by atoms with Gasteiger partial charge in [-0.25, -0.2) is 13.5 Å². The standard InChI is InChI=1S/C24H20ClF2N3O2/c1-14(29-15(2)31)24(16-3-5-18(26)6-4-16)32-23-11-17-13-28-30(22(17)12-21(23)25)20-9-7-19(27)8-10-20/h3-14,24H,1-2H3,(H,29,31)/t14-,24-/m0/s1. The van der Waals surface area contributed by atoms with E-state index in [0.717, 1.165) is 10.9 Å². The molecule has 0 fully saturated rings. The third kappa shape index (κ3) is 4.57. The molecule has 3 aromatic carbocycles. The summed E-state index contributed by atoms with van der Waals surface area (Å²) in [6, 6.07) is 14.9. The summed E-state index contributed by atoms with van der Waals surface area (Å²) in [6.07, 6.45) is 1.05. The molecule has 4 aromatic rings. The molecule has 0 saturated carbocycles. The SMILES string of the molecule is CC(=O)N[C@@H](C)[C@H](Oc1cc2cnn(-c3ccc(F)cc3)c2cc1Cl)c1ccc(F)cc1. The number of rotatable bonds is 6. The number of hydrogen-bond donors (Lipinski definition) is 1. The molecule has 0 aliphatic heterocycles. The Hall–Kier alpha value is -3.45. The topological polar surface area (TPSA) is 56.1 Å². The van der Waals surface area contributed by atoms with Crippen LogP contribution >= 0.6 is 11.6 Å². The van der Waals surface area contributed by atoms with E-state index in [1.54, 1.807) is 54.2 Å². The zero-order valence-electron chi connectivity index (χ0n) is 17.4. The molecule has 0 unspecified atom stereocenters. The molecular weight excluding hydrogens is 436 g/mol. The predicted molar refractivity (Wildman–Crippen MR) is 119 cm³/mol. The third-order valence-corrected chi connectivity index (χ3v) is 5.33. The Labute approximate surface area is 188 Å². The van der Waals surface area contributed by atoms with Crippen LogP contribution in [0.3, 0.4) is 0 Å². The summed E-state index contributed by atoms with van der Waals surface area (Å²) >= 11 is 6.54. The fourth-order valence-corrected chi connectivity index (χ4v) is 3.75. The molecule has 4 rings (SSSR count). The average Bonchev–Trinajstić information content (AvgIpc) is 3.15. The van der Waals surface area contributed by atoms with Gasteiger partial charge in [-0.05, 0) is 61.0 Å². The van der Waals surface area contributed by atoms with Gasteiger partial charge in [-0.15, -0.1) is 0 Å². The van der Waals surface area contributed by atoms with Gasteiger partial charge in [0.25, 0.3) is 0 Å². The molecule has 1 amide bonds. The summed E-state index contributed by atoms with van der Waals surface area (Å²) < 4.78 is 34.6. The van der Waals surface area contributed by atoms with Gasteiger partial charge in [0.1, 0.15) is 23.5 Å². The summed E-state index contributed by atoms with van der Waals surface area (Å²) in [5.41, 5.74) is 2.10. The van der Waals surface area contributed by atoms with Gasteiger partial charge < -0.3 is 10.1 Å². The van der Waals surface area contributed by atoms with Crippen LogP contribution in [0.2, 0.25) is 5.02 Å². The lowest BCUT2D eigenvalue weighted by molar-refractivity contribution is -0.120. The zero-order chi connectivity index (χ0) is 22.8. The number of amides is 1. The number of carbonyl (C=O) groups is 1. The Balaban J connectivity index is 1.70. The number of nitrogens with one attached hydrogen (secondary N) is 1. The van der Waals surface area contributed by atoms with Crippen molar-refractivity contribution in [2.75, 3.05) is 0 Å². The van der Waals surface area contributed by atoms with Crippen LogP contribution in [-0.4, -0.2) is 21.7 Å². The molecule has 164 valence electrons. The number of benzene rings is 3. The van der Waals surface area contributed by atoms with Gasteiger partial charge in [0, 0.05) is 12.3 Å². The first-order chi connectivity index (χ1) is 15.3. The molecule has 5 nitrogen and oxygen atoms in total. The van der Waals surface area contributed by atoms with Crippen LogP contribution < -0.4 is 10.1 Å². The number of fused-ring (bicyclic) bond motifs is 1. The number of halogens is 3. The molecule has 8 heteroatoms. The monoisotopic (exact) mass is 455 g/mol. The van der Waals surface area contributed by atoms with Crippen LogP contribution in [0.5, 0.6) is 5.75 Å². The van der Waals surface area contributed by atoms with E-state index in [9.17, 15) is 13.6 Å². The number of nitrogens with zero attached hydrogens (tertiary/aromatic N) is 2. The first-order valence-electron chi connectivity index (χ1n) is 9.94. The maximum absolute atomic E-state index is 13.4. The molecule has 0 aliphatic carbocycles. The third-order valence-electron chi connectivity index (χ3n) is 5.03. The Morgan fingerprint density at radius 3 is 2.31 bits per heavy atom. The summed E-state index contributed by atoms with van der Waals surface area (Å²) in [7, 11) is 0. The zero-order valence-corrected chi connectivity index (χ0v) is 18.1. The van der Waals surface area contributed by atoms with E-state index in [-0.39, 0.29) is 17.5 Å². The highest BCUT2D eigenvalue weighted by molar-refractivity contribution is 6.32. The molecule has 0 aliphatic rings. The molecule has 1 N–H and O–H groups in total. The van der Waals surface area contributed by atoms with Crippen molar-refractivity contribution in [1.29, 1.82) is 0 Å². The summed E-state index contributed by atoms with van der Waals surface area (Å²) in [5.74, 6) is -0.522. The molecule has 2 atom stereocenters. The average molecular weight is 456 g/mol.